The second-order valence-corrected chi connectivity index (χ2v) is 15.5. The maximum atomic E-state index is 15.6. The van der Waals surface area contributed by atoms with E-state index in [1.807, 2.05) is 0 Å². The van der Waals surface area contributed by atoms with Crippen LogP contribution in [0.1, 0.15) is 45.2 Å². The molecule has 4 fully saturated rings. The summed E-state index contributed by atoms with van der Waals surface area (Å²) < 4.78 is 0. The molecule has 7 heteroatoms. The summed E-state index contributed by atoms with van der Waals surface area (Å²) in [6.07, 6.45) is 1.68. The van der Waals surface area contributed by atoms with Crippen molar-refractivity contribution in [1.82, 2.24) is 29.4 Å². The Bertz CT molecular complexity index is 1200. The molecule has 0 amide bonds. The van der Waals surface area contributed by atoms with E-state index in [1.54, 1.807) is 0 Å². The van der Waals surface area contributed by atoms with Crippen LogP contribution in [0.3, 0.4) is 0 Å². The number of benzene rings is 2. The summed E-state index contributed by atoms with van der Waals surface area (Å²) in [5.74, 6) is 0.442. The van der Waals surface area contributed by atoms with E-state index in [9.17, 15) is 0 Å². The molecule has 6 rings (SSSR count). The summed E-state index contributed by atoms with van der Waals surface area (Å²) in [5.41, 5.74) is 1.16. The fraction of sp³-hybridized carbons (Fsp3) is 0.658. The van der Waals surface area contributed by atoms with Crippen LogP contribution in [0.5, 0.6) is 0 Å². The van der Waals surface area contributed by atoms with E-state index in [1.165, 1.54) is 11.1 Å². The van der Waals surface area contributed by atoms with Crippen LogP contribution in [0.2, 0.25) is 0 Å². The van der Waals surface area contributed by atoms with Gasteiger partial charge in [-0.25, -0.2) is 0 Å². The van der Waals surface area contributed by atoms with Gasteiger partial charge in [0.05, 0.1) is 10.8 Å². The highest BCUT2D eigenvalue weighted by molar-refractivity contribution is 6.00. The van der Waals surface area contributed by atoms with Crippen molar-refractivity contribution >= 4 is 5.78 Å². The molecule has 4 saturated heterocycles. The van der Waals surface area contributed by atoms with Crippen LogP contribution in [-0.4, -0.2) is 153 Å². The SMILES string of the molecule is C.CN1CCN(C)CC(C)(N2CCC3(c4ccccc4)CN(C4(C)CN(C)CCN(C)C4)CC(c4ccccc4)(CC2)C3=O)C1. The van der Waals surface area contributed by atoms with E-state index in [2.05, 4.69) is 132 Å². The van der Waals surface area contributed by atoms with Crippen LogP contribution in [0.25, 0.3) is 0 Å². The van der Waals surface area contributed by atoms with Gasteiger partial charge in [0.2, 0.25) is 0 Å². The number of carbonyl (C=O) groups is 1. The number of likely N-dealkylation sites (N-methyl/N-ethyl adjacent to an activating group) is 4. The van der Waals surface area contributed by atoms with E-state index < -0.39 is 10.8 Å². The lowest BCUT2D eigenvalue weighted by molar-refractivity contribution is -0.144. The Labute approximate surface area is 274 Å². The van der Waals surface area contributed by atoms with Crippen molar-refractivity contribution in [3.8, 4) is 0 Å². The van der Waals surface area contributed by atoms with Crippen molar-refractivity contribution < 1.29 is 4.79 Å². The summed E-state index contributed by atoms with van der Waals surface area (Å²) in [5, 5.41) is 0. The normalized spacial score (nSPS) is 31.3. The lowest BCUT2D eigenvalue weighted by Crippen LogP contribution is -2.72. The molecule has 2 aromatic carbocycles. The first-order chi connectivity index (χ1) is 21.0. The molecule has 45 heavy (non-hydrogen) atoms. The molecule has 4 heterocycles. The number of ketones is 1. The summed E-state index contributed by atoms with van der Waals surface area (Å²) in [4.78, 5) is 31.2. The van der Waals surface area contributed by atoms with Gasteiger partial charge < -0.3 is 19.6 Å². The molecular formula is C38H60N6O. The molecule has 0 spiro atoms. The largest absolute Gasteiger partial charge is 0.303 e. The van der Waals surface area contributed by atoms with Crippen molar-refractivity contribution in [2.45, 2.75) is 56.0 Å². The van der Waals surface area contributed by atoms with E-state index in [4.69, 9.17) is 0 Å². The third-order valence-electron chi connectivity index (χ3n) is 11.8. The maximum Gasteiger partial charge on any atom is 0.156 e. The van der Waals surface area contributed by atoms with Crippen molar-refractivity contribution in [3.05, 3.63) is 71.8 Å². The highest BCUT2D eigenvalue weighted by Gasteiger charge is 2.60. The van der Waals surface area contributed by atoms with Crippen molar-refractivity contribution in [2.24, 2.45) is 0 Å². The lowest BCUT2D eigenvalue weighted by Gasteiger charge is -2.59. The monoisotopic (exact) mass is 616 g/mol. The molecular weight excluding hydrogens is 556 g/mol. The van der Waals surface area contributed by atoms with Crippen LogP contribution in [0, 0.1) is 0 Å². The number of likely N-dealkylation sites (tertiary alicyclic amines) is 2. The number of nitrogens with zero attached hydrogens (tertiary/aromatic N) is 6. The molecule has 2 aromatic rings. The fourth-order valence-corrected chi connectivity index (χ4v) is 9.45. The zero-order chi connectivity index (χ0) is 31.2. The van der Waals surface area contributed by atoms with Crippen molar-refractivity contribution in [2.75, 3.05) is 107 Å². The fourth-order valence-electron chi connectivity index (χ4n) is 9.45. The van der Waals surface area contributed by atoms with Gasteiger partial charge in [0.15, 0.2) is 5.78 Å². The summed E-state index contributed by atoms with van der Waals surface area (Å²) in [6.45, 7) is 16.8. The first kappa shape index (κ1) is 34.2. The second kappa shape index (κ2) is 13.2. The minimum absolute atomic E-state index is 0. The molecule has 2 bridgehead atoms. The molecule has 2 unspecified atom stereocenters. The average Bonchev–Trinajstić information content (AvgIpc) is 3.23. The number of piperidine rings is 1. The minimum atomic E-state index is -0.584. The molecule has 0 N–H and O–H groups in total. The molecule has 248 valence electrons. The average molecular weight is 617 g/mol. The van der Waals surface area contributed by atoms with Crippen LogP contribution < -0.4 is 0 Å². The van der Waals surface area contributed by atoms with Crippen LogP contribution in [0.4, 0.5) is 0 Å². The second-order valence-electron chi connectivity index (χ2n) is 15.5. The Morgan fingerprint density at radius 3 is 1.18 bits per heavy atom. The van der Waals surface area contributed by atoms with Gasteiger partial charge in [-0.15, -0.1) is 0 Å². The first-order valence-electron chi connectivity index (χ1n) is 16.9. The van der Waals surface area contributed by atoms with Crippen LogP contribution in [-0.2, 0) is 15.6 Å². The molecule has 0 aromatic heterocycles. The van der Waals surface area contributed by atoms with E-state index in [0.717, 1.165) is 91.4 Å². The topological polar surface area (TPSA) is 36.5 Å². The highest BCUT2D eigenvalue weighted by Crippen LogP contribution is 2.49. The van der Waals surface area contributed by atoms with Gasteiger partial charge in [0, 0.05) is 89.6 Å². The Kier molecular flexibility index (Phi) is 10.0. The number of fused-ring (bicyclic) bond motifs is 2. The standard InChI is InChI=1S/C37H56N6O.CH4/c1-34(25-38(3)21-22-39(4)26-34)42-19-17-36(31-13-9-7-10-14-31)29-43(35(2)27-40(5)23-24-41(6)28-35)30-37(18-20-42,33(36)44)32-15-11-8-12-16-32;/h7-16H,17-30H2,1-6H3;1H4. The van der Waals surface area contributed by atoms with Crippen molar-refractivity contribution in [1.29, 1.82) is 0 Å². The zero-order valence-corrected chi connectivity index (χ0v) is 28.3. The number of rotatable bonds is 4. The van der Waals surface area contributed by atoms with E-state index in [-0.39, 0.29) is 18.5 Å². The Hall–Kier alpha value is -2.13. The van der Waals surface area contributed by atoms with E-state index in [0.29, 0.717) is 5.78 Å². The molecule has 0 saturated carbocycles. The summed E-state index contributed by atoms with van der Waals surface area (Å²) in [7, 11) is 9.08. The van der Waals surface area contributed by atoms with Gasteiger partial charge >= 0.3 is 0 Å². The summed E-state index contributed by atoms with van der Waals surface area (Å²) in [6, 6.07) is 21.7. The minimum Gasteiger partial charge on any atom is -0.303 e. The summed E-state index contributed by atoms with van der Waals surface area (Å²) >= 11 is 0. The number of hydrogen-bond acceptors (Lipinski definition) is 7. The predicted molar refractivity (Wildman–Crippen MR) is 187 cm³/mol. The number of hydrogen-bond donors (Lipinski definition) is 0. The zero-order valence-electron chi connectivity index (χ0n) is 28.3. The molecule has 4 aliphatic heterocycles. The van der Waals surface area contributed by atoms with Gasteiger partial charge in [-0.1, -0.05) is 68.1 Å². The van der Waals surface area contributed by atoms with Crippen molar-refractivity contribution in [3.63, 3.8) is 0 Å². The van der Waals surface area contributed by atoms with Crippen LogP contribution in [0.15, 0.2) is 60.7 Å². The van der Waals surface area contributed by atoms with Gasteiger partial charge in [-0.05, 0) is 66.0 Å². The molecule has 4 aliphatic rings. The van der Waals surface area contributed by atoms with Gasteiger partial charge in [0.25, 0.3) is 0 Å². The number of Topliss-reactive ketones (excluding diaryl/α,β-unsaturated/α-hetero) is 1. The lowest BCUT2D eigenvalue weighted by atomic mass is 9.56. The molecule has 2 atom stereocenters. The third kappa shape index (κ3) is 6.41. The molecule has 0 aliphatic carbocycles. The first-order valence-corrected chi connectivity index (χ1v) is 16.9. The Morgan fingerprint density at radius 1 is 0.489 bits per heavy atom. The molecule has 0 radical (unpaired) electrons. The number of carbonyl (C=O) groups excluding carboxylic acids is 1. The Balaban J connectivity index is 0.00000400. The molecule has 7 nitrogen and oxygen atoms in total. The quantitative estimate of drug-likeness (QED) is 0.518. The van der Waals surface area contributed by atoms with Crippen LogP contribution >= 0.6 is 0 Å². The maximum absolute atomic E-state index is 15.6. The third-order valence-corrected chi connectivity index (χ3v) is 11.8. The van der Waals surface area contributed by atoms with Gasteiger partial charge in [-0.3, -0.25) is 14.6 Å². The smallest absolute Gasteiger partial charge is 0.156 e. The van der Waals surface area contributed by atoms with Gasteiger partial charge in [0.1, 0.15) is 0 Å². The highest BCUT2D eigenvalue weighted by atomic mass is 16.1. The van der Waals surface area contributed by atoms with E-state index >= 15 is 4.79 Å². The van der Waals surface area contributed by atoms with Gasteiger partial charge in [-0.2, -0.15) is 0 Å². The Morgan fingerprint density at radius 2 is 0.822 bits per heavy atom. The predicted octanol–water partition coefficient (Wildman–Crippen LogP) is 3.75.